The van der Waals surface area contributed by atoms with E-state index in [9.17, 15) is 0 Å². The molecule has 0 bridgehead atoms. The van der Waals surface area contributed by atoms with Gasteiger partial charge in [0.25, 0.3) is 0 Å². The standard InChI is InChI=1S/C29H60O/c1-6-10-13-16-18-19-20-22-25-28(30-27-24-15-12-8-3)29(5,9-4)26-23-21-17-14-11-7-2/h28H,6-27H2,1-5H3. The molecule has 0 spiro atoms. The van der Waals surface area contributed by atoms with Gasteiger partial charge in [0.15, 0.2) is 0 Å². The second kappa shape index (κ2) is 22.2. The average Bonchev–Trinajstić information content (AvgIpc) is 2.76. The van der Waals surface area contributed by atoms with Crippen LogP contribution in [0.3, 0.4) is 0 Å². The molecule has 0 N–H and O–H groups in total. The molecule has 0 aliphatic rings. The van der Waals surface area contributed by atoms with Crippen molar-refractivity contribution in [3.8, 4) is 0 Å². The Labute approximate surface area is 192 Å². The quantitative estimate of drug-likeness (QED) is 0.140. The van der Waals surface area contributed by atoms with Crippen molar-refractivity contribution in [2.24, 2.45) is 5.41 Å². The Morgan fingerprint density at radius 2 is 0.967 bits per heavy atom. The fourth-order valence-electron chi connectivity index (χ4n) is 4.73. The van der Waals surface area contributed by atoms with Gasteiger partial charge >= 0.3 is 0 Å². The summed E-state index contributed by atoms with van der Waals surface area (Å²) in [6.45, 7) is 12.8. The molecule has 0 rings (SSSR count). The van der Waals surface area contributed by atoms with E-state index in [1.807, 2.05) is 0 Å². The molecule has 0 heterocycles. The SMILES string of the molecule is CCCCCCCCCCC(OCCCCCC)C(C)(CC)CCCCCCCC. The van der Waals surface area contributed by atoms with Crippen molar-refractivity contribution < 1.29 is 4.74 Å². The van der Waals surface area contributed by atoms with E-state index >= 15 is 0 Å². The second-order valence-corrected chi connectivity index (χ2v) is 10.2. The van der Waals surface area contributed by atoms with Crippen molar-refractivity contribution in [3.05, 3.63) is 0 Å². The molecule has 0 aromatic carbocycles. The van der Waals surface area contributed by atoms with Crippen molar-refractivity contribution in [3.63, 3.8) is 0 Å². The van der Waals surface area contributed by atoms with Crippen LogP contribution < -0.4 is 0 Å². The molecule has 1 nitrogen and oxygen atoms in total. The van der Waals surface area contributed by atoms with Gasteiger partial charge in [-0.25, -0.2) is 0 Å². The first-order valence-corrected chi connectivity index (χ1v) is 14.3. The summed E-state index contributed by atoms with van der Waals surface area (Å²) in [6, 6.07) is 0. The first kappa shape index (κ1) is 30.0. The van der Waals surface area contributed by atoms with E-state index in [1.165, 1.54) is 135 Å². The summed E-state index contributed by atoms with van der Waals surface area (Å²) in [5.74, 6) is 0. The number of hydrogen-bond donors (Lipinski definition) is 0. The monoisotopic (exact) mass is 424 g/mol. The zero-order valence-corrected chi connectivity index (χ0v) is 22.0. The molecule has 0 aliphatic carbocycles. The van der Waals surface area contributed by atoms with Gasteiger partial charge in [-0.3, -0.25) is 0 Å². The van der Waals surface area contributed by atoms with Crippen LogP contribution in [0.15, 0.2) is 0 Å². The smallest absolute Gasteiger partial charge is 0.0628 e. The van der Waals surface area contributed by atoms with Crippen molar-refractivity contribution in [1.82, 2.24) is 0 Å². The van der Waals surface area contributed by atoms with Crippen LogP contribution >= 0.6 is 0 Å². The van der Waals surface area contributed by atoms with Crippen LogP contribution in [0.1, 0.15) is 169 Å². The third-order valence-electron chi connectivity index (χ3n) is 7.32. The first-order valence-electron chi connectivity index (χ1n) is 14.3. The summed E-state index contributed by atoms with van der Waals surface area (Å²) in [5.41, 5.74) is 0.372. The average molecular weight is 425 g/mol. The molecule has 0 radical (unpaired) electrons. The topological polar surface area (TPSA) is 9.23 Å². The summed E-state index contributed by atoms with van der Waals surface area (Å²) in [7, 11) is 0. The van der Waals surface area contributed by atoms with Gasteiger partial charge in [-0.15, -0.1) is 0 Å². The summed E-state index contributed by atoms with van der Waals surface area (Å²) < 4.78 is 6.60. The van der Waals surface area contributed by atoms with Crippen LogP contribution in [0, 0.1) is 5.41 Å². The molecule has 0 saturated heterocycles. The molecule has 2 atom stereocenters. The Morgan fingerprint density at radius 1 is 0.533 bits per heavy atom. The number of ether oxygens (including phenoxy) is 1. The summed E-state index contributed by atoms with van der Waals surface area (Å²) in [5, 5.41) is 0. The highest BCUT2D eigenvalue weighted by atomic mass is 16.5. The lowest BCUT2D eigenvalue weighted by Gasteiger charge is -2.37. The lowest BCUT2D eigenvalue weighted by Crippen LogP contribution is -2.34. The van der Waals surface area contributed by atoms with Gasteiger partial charge in [-0.05, 0) is 31.1 Å². The Bertz CT molecular complexity index is 326. The van der Waals surface area contributed by atoms with Gasteiger partial charge in [0.2, 0.25) is 0 Å². The van der Waals surface area contributed by atoms with Gasteiger partial charge in [0.05, 0.1) is 6.10 Å². The van der Waals surface area contributed by atoms with E-state index in [0.717, 1.165) is 6.61 Å². The molecular formula is C29H60O. The van der Waals surface area contributed by atoms with Crippen molar-refractivity contribution in [2.45, 2.75) is 176 Å². The van der Waals surface area contributed by atoms with Gasteiger partial charge in [-0.2, -0.15) is 0 Å². The minimum atomic E-state index is 0.372. The molecule has 30 heavy (non-hydrogen) atoms. The maximum atomic E-state index is 6.60. The van der Waals surface area contributed by atoms with Gasteiger partial charge < -0.3 is 4.74 Å². The number of unbranched alkanes of at least 4 members (excludes halogenated alkanes) is 15. The van der Waals surface area contributed by atoms with Crippen molar-refractivity contribution in [2.75, 3.05) is 6.61 Å². The fraction of sp³-hybridized carbons (Fsp3) is 1.00. The van der Waals surface area contributed by atoms with E-state index < -0.39 is 0 Å². The number of rotatable bonds is 24. The summed E-state index contributed by atoms with van der Waals surface area (Å²) in [4.78, 5) is 0. The molecule has 0 aliphatic heterocycles. The van der Waals surface area contributed by atoms with E-state index in [4.69, 9.17) is 4.74 Å². The third kappa shape index (κ3) is 16.6. The minimum Gasteiger partial charge on any atom is -0.378 e. The molecule has 182 valence electrons. The Hall–Kier alpha value is -0.0400. The van der Waals surface area contributed by atoms with Gasteiger partial charge in [-0.1, -0.05) is 144 Å². The van der Waals surface area contributed by atoms with Gasteiger partial charge in [0.1, 0.15) is 0 Å². The lowest BCUT2D eigenvalue weighted by molar-refractivity contribution is -0.0481. The van der Waals surface area contributed by atoms with Crippen LogP contribution in [-0.2, 0) is 4.74 Å². The zero-order chi connectivity index (χ0) is 22.3. The van der Waals surface area contributed by atoms with E-state index in [1.54, 1.807) is 0 Å². The maximum absolute atomic E-state index is 6.60. The predicted molar refractivity (Wildman–Crippen MR) is 138 cm³/mol. The van der Waals surface area contributed by atoms with E-state index in [2.05, 4.69) is 34.6 Å². The molecule has 0 aromatic heterocycles. The summed E-state index contributed by atoms with van der Waals surface area (Å²) >= 11 is 0. The first-order chi connectivity index (χ1) is 14.6. The van der Waals surface area contributed by atoms with Crippen LogP contribution in [-0.4, -0.2) is 12.7 Å². The molecule has 0 saturated carbocycles. The van der Waals surface area contributed by atoms with E-state index in [-0.39, 0.29) is 0 Å². The second-order valence-electron chi connectivity index (χ2n) is 10.2. The zero-order valence-electron chi connectivity index (χ0n) is 22.0. The van der Waals surface area contributed by atoms with Crippen LogP contribution in [0.25, 0.3) is 0 Å². The maximum Gasteiger partial charge on any atom is 0.0628 e. The molecule has 0 aromatic rings. The molecule has 0 amide bonds. The Kier molecular flexibility index (Phi) is 22.1. The fourth-order valence-corrected chi connectivity index (χ4v) is 4.73. The number of hydrogen-bond acceptors (Lipinski definition) is 1. The van der Waals surface area contributed by atoms with E-state index in [0.29, 0.717) is 11.5 Å². The van der Waals surface area contributed by atoms with Gasteiger partial charge in [0, 0.05) is 6.61 Å². The van der Waals surface area contributed by atoms with Crippen LogP contribution in [0.5, 0.6) is 0 Å². The normalized spacial score (nSPS) is 14.7. The molecular weight excluding hydrogens is 364 g/mol. The minimum absolute atomic E-state index is 0.372. The molecule has 0 fully saturated rings. The molecule has 2 unspecified atom stereocenters. The summed E-state index contributed by atoms with van der Waals surface area (Å²) in [6.07, 6.45) is 29.3. The highest BCUT2D eigenvalue weighted by Gasteiger charge is 2.32. The van der Waals surface area contributed by atoms with Crippen molar-refractivity contribution in [1.29, 1.82) is 0 Å². The Morgan fingerprint density at radius 3 is 1.47 bits per heavy atom. The highest BCUT2D eigenvalue weighted by Crippen LogP contribution is 2.37. The third-order valence-corrected chi connectivity index (χ3v) is 7.32. The molecule has 1 heteroatoms. The largest absolute Gasteiger partial charge is 0.378 e. The highest BCUT2D eigenvalue weighted by molar-refractivity contribution is 4.83. The lowest BCUT2D eigenvalue weighted by atomic mass is 9.75. The Balaban J connectivity index is 4.39. The van der Waals surface area contributed by atoms with Crippen LogP contribution in [0.2, 0.25) is 0 Å². The predicted octanol–water partition coefficient (Wildman–Crippen LogP) is 10.6. The van der Waals surface area contributed by atoms with Crippen LogP contribution in [0.4, 0.5) is 0 Å². The van der Waals surface area contributed by atoms with Crippen molar-refractivity contribution >= 4 is 0 Å².